The summed E-state index contributed by atoms with van der Waals surface area (Å²) in [6, 6.07) is 3.94. The summed E-state index contributed by atoms with van der Waals surface area (Å²) in [4.78, 5) is 18.3. The molecule has 0 saturated carbocycles. The molecule has 0 radical (unpaired) electrons. The molecule has 78 valence electrons. The Kier molecular flexibility index (Phi) is 2.47. The first-order valence-corrected chi connectivity index (χ1v) is 4.59. The lowest BCUT2D eigenvalue weighted by molar-refractivity contribution is 0.629. The predicted molar refractivity (Wildman–Crippen MR) is 55.1 cm³/mol. The van der Waals surface area contributed by atoms with Crippen LogP contribution in [0.1, 0.15) is 5.82 Å². The maximum Gasteiger partial charge on any atom is 0.258 e. The van der Waals surface area contributed by atoms with Crippen LogP contribution < -0.4 is 11.3 Å². The van der Waals surface area contributed by atoms with E-state index in [1.165, 1.54) is 18.2 Å². The Morgan fingerprint density at radius 1 is 1.47 bits per heavy atom. The highest BCUT2D eigenvalue weighted by Gasteiger charge is 2.04. The van der Waals surface area contributed by atoms with Crippen LogP contribution in [-0.2, 0) is 6.42 Å². The van der Waals surface area contributed by atoms with E-state index in [2.05, 4.69) is 9.97 Å². The fourth-order valence-corrected chi connectivity index (χ4v) is 1.41. The van der Waals surface area contributed by atoms with Gasteiger partial charge in [0.2, 0.25) is 0 Å². The van der Waals surface area contributed by atoms with E-state index in [-0.39, 0.29) is 10.9 Å². The number of nitrogens with two attached hydrogens (primary N) is 1. The summed E-state index contributed by atoms with van der Waals surface area (Å²) in [5.74, 6) is 0.0861. The molecule has 1 aromatic carbocycles. The molecular formula is C10H10FN3O. The molecule has 0 fully saturated rings. The Morgan fingerprint density at radius 3 is 3.00 bits per heavy atom. The molecule has 15 heavy (non-hydrogen) atoms. The van der Waals surface area contributed by atoms with Crippen molar-refractivity contribution >= 4 is 10.9 Å². The minimum atomic E-state index is -0.443. The molecule has 2 aromatic rings. The van der Waals surface area contributed by atoms with E-state index in [0.29, 0.717) is 24.3 Å². The van der Waals surface area contributed by atoms with E-state index in [1.807, 2.05) is 0 Å². The normalized spacial score (nSPS) is 10.8. The zero-order chi connectivity index (χ0) is 10.8. The third-order valence-corrected chi connectivity index (χ3v) is 2.10. The van der Waals surface area contributed by atoms with Gasteiger partial charge < -0.3 is 10.7 Å². The van der Waals surface area contributed by atoms with E-state index < -0.39 is 5.82 Å². The number of fused-ring (bicyclic) bond motifs is 1. The largest absolute Gasteiger partial charge is 0.330 e. The van der Waals surface area contributed by atoms with Crippen LogP contribution in [0, 0.1) is 5.82 Å². The molecular weight excluding hydrogens is 197 g/mol. The van der Waals surface area contributed by atoms with Crippen molar-refractivity contribution in [2.75, 3.05) is 6.54 Å². The summed E-state index contributed by atoms with van der Waals surface area (Å²) >= 11 is 0. The highest BCUT2D eigenvalue weighted by atomic mass is 19.1. The molecule has 0 aliphatic carbocycles. The molecule has 0 saturated heterocycles. The lowest BCUT2D eigenvalue weighted by Gasteiger charge is -2.01. The van der Waals surface area contributed by atoms with Crippen LogP contribution in [0.5, 0.6) is 0 Å². The van der Waals surface area contributed by atoms with Gasteiger partial charge in [-0.3, -0.25) is 4.79 Å². The molecule has 0 spiro atoms. The van der Waals surface area contributed by atoms with Crippen LogP contribution in [0.4, 0.5) is 4.39 Å². The monoisotopic (exact) mass is 207 g/mol. The number of aromatic nitrogens is 2. The first-order chi connectivity index (χ1) is 7.20. The van der Waals surface area contributed by atoms with Crippen molar-refractivity contribution < 1.29 is 4.39 Å². The van der Waals surface area contributed by atoms with Gasteiger partial charge in [-0.05, 0) is 24.7 Å². The lowest BCUT2D eigenvalue weighted by Crippen LogP contribution is -2.15. The standard InChI is InChI=1S/C10H10FN3O/c11-6-1-2-8-7(5-6)10(15)14-9(13-8)3-4-12/h1-2,5H,3-4,12H2,(H,13,14,15). The SMILES string of the molecule is NCCc1nc2ccc(F)cc2c(=O)[nH]1. The number of H-pyrrole nitrogens is 1. The van der Waals surface area contributed by atoms with Crippen LogP contribution in [0.2, 0.25) is 0 Å². The van der Waals surface area contributed by atoms with Crippen LogP contribution in [0.15, 0.2) is 23.0 Å². The van der Waals surface area contributed by atoms with Gasteiger partial charge in [0.15, 0.2) is 0 Å². The van der Waals surface area contributed by atoms with Gasteiger partial charge in [-0.2, -0.15) is 0 Å². The summed E-state index contributed by atoms with van der Waals surface area (Å²) in [6.45, 7) is 0.412. The number of halogens is 1. The number of benzene rings is 1. The van der Waals surface area contributed by atoms with Crippen molar-refractivity contribution in [3.63, 3.8) is 0 Å². The van der Waals surface area contributed by atoms with Crippen LogP contribution in [0.25, 0.3) is 10.9 Å². The molecule has 0 amide bonds. The van der Waals surface area contributed by atoms with Crippen molar-refractivity contribution in [1.29, 1.82) is 0 Å². The summed E-state index contributed by atoms with van der Waals surface area (Å²) in [5, 5.41) is 0.260. The number of nitrogens with one attached hydrogen (secondary N) is 1. The predicted octanol–water partition coefficient (Wildman–Crippen LogP) is 0.563. The maximum atomic E-state index is 12.9. The molecule has 0 unspecified atom stereocenters. The molecule has 1 aromatic heterocycles. The molecule has 0 aliphatic rings. The molecule has 4 nitrogen and oxygen atoms in total. The summed E-state index contributed by atoms with van der Waals surface area (Å²) in [7, 11) is 0. The molecule has 3 N–H and O–H groups in total. The zero-order valence-corrected chi connectivity index (χ0v) is 7.96. The zero-order valence-electron chi connectivity index (χ0n) is 7.96. The van der Waals surface area contributed by atoms with Gasteiger partial charge >= 0.3 is 0 Å². The lowest BCUT2D eigenvalue weighted by atomic mass is 10.2. The number of rotatable bonds is 2. The minimum absolute atomic E-state index is 0.260. The molecule has 0 aliphatic heterocycles. The van der Waals surface area contributed by atoms with E-state index >= 15 is 0 Å². The average molecular weight is 207 g/mol. The number of hydrogen-bond acceptors (Lipinski definition) is 3. The van der Waals surface area contributed by atoms with Crippen molar-refractivity contribution in [2.24, 2.45) is 5.73 Å². The smallest absolute Gasteiger partial charge is 0.258 e. The van der Waals surface area contributed by atoms with Crippen molar-refractivity contribution in [3.05, 3.63) is 40.2 Å². The first-order valence-electron chi connectivity index (χ1n) is 4.59. The Bertz CT molecular complexity index is 550. The van der Waals surface area contributed by atoms with E-state index in [4.69, 9.17) is 5.73 Å². The van der Waals surface area contributed by atoms with Gasteiger partial charge in [0.1, 0.15) is 11.6 Å². The van der Waals surface area contributed by atoms with Gasteiger partial charge in [0.25, 0.3) is 5.56 Å². The van der Waals surface area contributed by atoms with E-state index in [0.717, 1.165) is 0 Å². The average Bonchev–Trinajstić information content (AvgIpc) is 2.20. The Morgan fingerprint density at radius 2 is 2.27 bits per heavy atom. The summed E-state index contributed by atoms with van der Waals surface area (Å²) < 4.78 is 12.9. The summed E-state index contributed by atoms with van der Waals surface area (Å²) in [5.41, 5.74) is 5.52. The maximum absolute atomic E-state index is 12.9. The van der Waals surface area contributed by atoms with Crippen molar-refractivity contribution in [3.8, 4) is 0 Å². The highest BCUT2D eigenvalue weighted by molar-refractivity contribution is 5.77. The molecule has 1 heterocycles. The fraction of sp³-hybridized carbons (Fsp3) is 0.200. The second kappa shape index (κ2) is 3.78. The quantitative estimate of drug-likeness (QED) is 0.756. The number of hydrogen-bond donors (Lipinski definition) is 2. The van der Waals surface area contributed by atoms with Gasteiger partial charge in [0, 0.05) is 6.42 Å². The van der Waals surface area contributed by atoms with Gasteiger partial charge in [-0.15, -0.1) is 0 Å². The van der Waals surface area contributed by atoms with Crippen LogP contribution in [0.3, 0.4) is 0 Å². The molecule has 2 rings (SSSR count). The topological polar surface area (TPSA) is 71.8 Å². The van der Waals surface area contributed by atoms with Gasteiger partial charge in [0.05, 0.1) is 10.9 Å². The van der Waals surface area contributed by atoms with Crippen molar-refractivity contribution in [2.45, 2.75) is 6.42 Å². The van der Waals surface area contributed by atoms with Crippen LogP contribution in [-0.4, -0.2) is 16.5 Å². The fourth-order valence-electron chi connectivity index (χ4n) is 1.41. The number of aromatic amines is 1. The second-order valence-electron chi connectivity index (χ2n) is 3.21. The van der Waals surface area contributed by atoms with Gasteiger partial charge in [-0.1, -0.05) is 0 Å². The third-order valence-electron chi connectivity index (χ3n) is 2.10. The second-order valence-corrected chi connectivity index (χ2v) is 3.21. The van der Waals surface area contributed by atoms with Gasteiger partial charge in [-0.25, -0.2) is 9.37 Å². The molecule has 5 heteroatoms. The summed E-state index contributed by atoms with van der Waals surface area (Å²) in [6.07, 6.45) is 0.503. The molecule has 0 atom stereocenters. The van der Waals surface area contributed by atoms with E-state index in [9.17, 15) is 9.18 Å². The minimum Gasteiger partial charge on any atom is -0.330 e. The highest BCUT2D eigenvalue weighted by Crippen LogP contribution is 2.08. The third kappa shape index (κ3) is 1.87. The first kappa shape index (κ1) is 9.79. The Balaban J connectivity index is 2.67. The van der Waals surface area contributed by atoms with Crippen LogP contribution >= 0.6 is 0 Å². The number of nitrogens with zero attached hydrogens (tertiary/aromatic N) is 1. The Hall–Kier alpha value is -1.75. The van der Waals surface area contributed by atoms with E-state index in [1.54, 1.807) is 0 Å². The van der Waals surface area contributed by atoms with Crippen molar-refractivity contribution in [1.82, 2.24) is 9.97 Å². The Labute approximate surface area is 84.9 Å². The molecule has 0 bridgehead atoms.